The van der Waals surface area contributed by atoms with Crippen LogP contribution in [0.2, 0.25) is 5.02 Å². The van der Waals surface area contributed by atoms with E-state index in [2.05, 4.69) is 0 Å². The first-order valence-electron chi connectivity index (χ1n) is 9.76. The standard InChI is InChI=1S/C22H27ClO7/c1-3-29-14-7-4-12(5-8-14)16(11-24)15-10-13(6-9-17(15)23)21-19(26)18(25)20(27)22(28-2)30-21/h4-10,16,18-22,24-27H,3,11H2,1-2H3/t16?,18?,19?,20?,21-,22-/m0/s1. The van der Waals surface area contributed by atoms with Gasteiger partial charge in [-0.3, -0.25) is 0 Å². The van der Waals surface area contributed by atoms with E-state index in [0.717, 1.165) is 11.3 Å². The molecule has 6 atom stereocenters. The monoisotopic (exact) mass is 438 g/mol. The normalized spacial score (nSPS) is 27.6. The van der Waals surface area contributed by atoms with E-state index in [4.69, 9.17) is 25.8 Å². The Hall–Kier alpha value is -1.71. The summed E-state index contributed by atoms with van der Waals surface area (Å²) < 4.78 is 16.2. The highest BCUT2D eigenvalue weighted by Gasteiger charge is 2.44. The van der Waals surface area contributed by atoms with Crippen molar-refractivity contribution in [1.82, 2.24) is 0 Å². The smallest absolute Gasteiger partial charge is 0.186 e. The highest BCUT2D eigenvalue weighted by Crippen LogP contribution is 2.37. The van der Waals surface area contributed by atoms with E-state index < -0.39 is 36.6 Å². The molecule has 0 saturated carbocycles. The summed E-state index contributed by atoms with van der Waals surface area (Å²) in [5.41, 5.74) is 2.03. The summed E-state index contributed by atoms with van der Waals surface area (Å²) in [7, 11) is 1.34. The summed E-state index contributed by atoms with van der Waals surface area (Å²) in [5, 5.41) is 41.1. The van der Waals surface area contributed by atoms with Gasteiger partial charge in [-0.2, -0.15) is 0 Å². The van der Waals surface area contributed by atoms with Crippen LogP contribution in [0.25, 0.3) is 0 Å². The van der Waals surface area contributed by atoms with Crippen LogP contribution in [-0.4, -0.2) is 65.4 Å². The van der Waals surface area contributed by atoms with Gasteiger partial charge in [-0.25, -0.2) is 0 Å². The minimum absolute atomic E-state index is 0.187. The van der Waals surface area contributed by atoms with Gasteiger partial charge < -0.3 is 34.6 Å². The van der Waals surface area contributed by atoms with Gasteiger partial charge in [0.2, 0.25) is 0 Å². The van der Waals surface area contributed by atoms with Gasteiger partial charge in [0.1, 0.15) is 30.2 Å². The lowest BCUT2D eigenvalue weighted by atomic mass is 9.88. The first-order chi connectivity index (χ1) is 14.4. The fourth-order valence-electron chi connectivity index (χ4n) is 3.67. The first kappa shape index (κ1) is 23.0. The zero-order valence-electron chi connectivity index (χ0n) is 16.8. The molecule has 1 aliphatic heterocycles. The average molecular weight is 439 g/mol. The molecule has 1 saturated heterocycles. The van der Waals surface area contributed by atoms with E-state index >= 15 is 0 Å². The molecular formula is C22H27ClO7. The van der Waals surface area contributed by atoms with E-state index in [9.17, 15) is 20.4 Å². The first-order valence-corrected chi connectivity index (χ1v) is 10.1. The molecule has 2 aromatic carbocycles. The number of hydrogen-bond donors (Lipinski definition) is 4. The second-order valence-corrected chi connectivity index (χ2v) is 7.56. The second-order valence-electron chi connectivity index (χ2n) is 7.15. The Morgan fingerprint density at radius 3 is 2.33 bits per heavy atom. The Balaban J connectivity index is 1.93. The zero-order chi connectivity index (χ0) is 21.8. The lowest BCUT2D eigenvalue weighted by Gasteiger charge is -2.40. The van der Waals surface area contributed by atoms with Crippen LogP contribution in [0.3, 0.4) is 0 Å². The van der Waals surface area contributed by atoms with Crippen LogP contribution in [0.5, 0.6) is 5.75 Å². The number of hydrogen-bond acceptors (Lipinski definition) is 7. The van der Waals surface area contributed by atoms with Gasteiger partial charge in [-0.05, 0) is 41.8 Å². The number of aliphatic hydroxyl groups is 4. The van der Waals surface area contributed by atoms with Crippen LogP contribution < -0.4 is 4.74 Å². The molecule has 164 valence electrons. The number of ether oxygens (including phenoxy) is 3. The van der Waals surface area contributed by atoms with Gasteiger partial charge in [0, 0.05) is 18.1 Å². The molecule has 0 radical (unpaired) electrons. The Kier molecular flexibility index (Phi) is 7.70. The fraction of sp³-hybridized carbons (Fsp3) is 0.455. The maximum absolute atomic E-state index is 10.4. The molecule has 8 heteroatoms. The predicted molar refractivity (Wildman–Crippen MR) is 111 cm³/mol. The highest BCUT2D eigenvalue weighted by molar-refractivity contribution is 6.31. The van der Waals surface area contributed by atoms with E-state index in [1.165, 1.54) is 7.11 Å². The Labute approximate surface area is 180 Å². The summed E-state index contributed by atoms with van der Waals surface area (Å²) in [4.78, 5) is 0. The summed E-state index contributed by atoms with van der Waals surface area (Å²) in [5.74, 6) is 0.317. The van der Waals surface area contributed by atoms with E-state index in [-0.39, 0.29) is 6.61 Å². The topological polar surface area (TPSA) is 109 Å². The van der Waals surface area contributed by atoms with Gasteiger partial charge in [0.15, 0.2) is 6.29 Å². The van der Waals surface area contributed by atoms with Crippen molar-refractivity contribution in [3.63, 3.8) is 0 Å². The number of methoxy groups -OCH3 is 1. The molecule has 30 heavy (non-hydrogen) atoms. The molecule has 0 aromatic heterocycles. The van der Waals surface area contributed by atoms with Crippen molar-refractivity contribution < 1.29 is 34.6 Å². The molecule has 0 amide bonds. The molecule has 4 unspecified atom stereocenters. The average Bonchev–Trinajstić information content (AvgIpc) is 2.76. The van der Waals surface area contributed by atoms with Gasteiger partial charge in [0.25, 0.3) is 0 Å². The molecule has 0 aliphatic carbocycles. The molecule has 0 spiro atoms. The van der Waals surface area contributed by atoms with Crippen molar-refractivity contribution in [2.45, 2.75) is 43.5 Å². The van der Waals surface area contributed by atoms with Gasteiger partial charge in [-0.15, -0.1) is 0 Å². The lowest BCUT2D eigenvalue weighted by Crippen LogP contribution is -2.54. The van der Waals surface area contributed by atoms with Crippen molar-refractivity contribution in [1.29, 1.82) is 0 Å². The van der Waals surface area contributed by atoms with Crippen molar-refractivity contribution in [3.05, 3.63) is 64.2 Å². The minimum Gasteiger partial charge on any atom is -0.494 e. The van der Waals surface area contributed by atoms with Crippen LogP contribution >= 0.6 is 11.6 Å². The molecular weight excluding hydrogens is 412 g/mol. The summed E-state index contributed by atoms with van der Waals surface area (Å²) in [6.07, 6.45) is -6.20. The lowest BCUT2D eigenvalue weighted by molar-refractivity contribution is -0.292. The van der Waals surface area contributed by atoms with Gasteiger partial charge in [0.05, 0.1) is 13.2 Å². The molecule has 0 bridgehead atoms. The number of benzene rings is 2. The van der Waals surface area contributed by atoms with E-state index in [1.54, 1.807) is 18.2 Å². The zero-order valence-corrected chi connectivity index (χ0v) is 17.6. The maximum atomic E-state index is 10.4. The van der Waals surface area contributed by atoms with Crippen molar-refractivity contribution in [2.24, 2.45) is 0 Å². The van der Waals surface area contributed by atoms with Crippen LogP contribution in [-0.2, 0) is 9.47 Å². The third-order valence-electron chi connectivity index (χ3n) is 5.30. The molecule has 7 nitrogen and oxygen atoms in total. The van der Waals surface area contributed by atoms with Crippen molar-refractivity contribution in [2.75, 3.05) is 20.3 Å². The third kappa shape index (κ3) is 4.63. The Bertz CT molecular complexity index is 827. The number of aliphatic hydroxyl groups excluding tert-OH is 4. The molecule has 1 aliphatic rings. The molecule has 2 aromatic rings. The quantitative estimate of drug-likeness (QED) is 0.523. The summed E-state index contributed by atoms with van der Waals surface area (Å²) in [6, 6.07) is 12.4. The van der Waals surface area contributed by atoms with E-state index in [1.807, 2.05) is 31.2 Å². The van der Waals surface area contributed by atoms with Crippen LogP contribution in [0.15, 0.2) is 42.5 Å². The predicted octanol–water partition coefficient (Wildman–Crippen LogP) is 1.99. The molecule has 4 N–H and O–H groups in total. The maximum Gasteiger partial charge on any atom is 0.186 e. The third-order valence-corrected chi connectivity index (χ3v) is 5.65. The Morgan fingerprint density at radius 2 is 1.73 bits per heavy atom. The minimum atomic E-state index is -1.44. The van der Waals surface area contributed by atoms with Crippen molar-refractivity contribution >= 4 is 11.6 Å². The number of halogens is 1. The van der Waals surface area contributed by atoms with E-state index in [0.29, 0.717) is 22.8 Å². The molecule has 1 fully saturated rings. The van der Waals surface area contributed by atoms with Gasteiger partial charge >= 0.3 is 0 Å². The van der Waals surface area contributed by atoms with Gasteiger partial charge in [-0.1, -0.05) is 35.9 Å². The largest absolute Gasteiger partial charge is 0.494 e. The highest BCUT2D eigenvalue weighted by atomic mass is 35.5. The van der Waals surface area contributed by atoms with Crippen LogP contribution in [0.4, 0.5) is 0 Å². The Morgan fingerprint density at radius 1 is 1.03 bits per heavy atom. The SMILES string of the molecule is CCOc1ccc(C(CO)c2cc([C@@H]3O[C@H](OC)C(O)C(O)C3O)ccc2Cl)cc1. The second kappa shape index (κ2) is 10.1. The van der Waals surface area contributed by atoms with Crippen LogP contribution in [0.1, 0.15) is 35.6 Å². The molecule has 1 heterocycles. The molecule has 3 rings (SSSR count). The van der Waals surface area contributed by atoms with Crippen molar-refractivity contribution in [3.8, 4) is 5.75 Å². The van der Waals surface area contributed by atoms with Crippen LogP contribution in [0, 0.1) is 0 Å². The fourth-order valence-corrected chi connectivity index (χ4v) is 3.92. The summed E-state index contributed by atoms with van der Waals surface area (Å²) in [6.45, 7) is 2.28. The number of rotatable bonds is 7. The summed E-state index contributed by atoms with van der Waals surface area (Å²) >= 11 is 6.43.